The van der Waals surface area contributed by atoms with E-state index in [-0.39, 0.29) is 17.9 Å². The third kappa shape index (κ3) is 4.25. The lowest BCUT2D eigenvalue weighted by atomic mass is 10.1. The van der Waals surface area contributed by atoms with Crippen LogP contribution in [0.5, 0.6) is 0 Å². The van der Waals surface area contributed by atoms with Crippen LogP contribution in [0, 0.1) is 36.5 Å². The smallest absolute Gasteiger partial charge is 0.285 e. The van der Waals surface area contributed by atoms with Gasteiger partial charge in [0.2, 0.25) is 5.91 Å². The molecule has 0 radical (unpaired) electrons. The fraction of sp³-hybridized carbons (Fsp3) is 0.235. The van der Waals surface area contributed by atoms with Crippen LogP contribution in [0.3, 0.4) is 0 Å². The average Bonchev–Trinajstić information content (AvgIpc) is 2.59. The molecule has 0 bridgehead atoms. The van der Waals surface area contributed by atoms with E-state index in [9.17, 15) is 9.59 Å². The molecule has 0 atom stereocenters. The van der Waals surface area contributed by atoms with Crippen molar-refractivity contribution in [1.82, 2.24) is 9.78 Å². The van der Waals surface area contributed by atoms with E-state index in [1.165, 1.54) is 11.8 Å². The van der Waals surface area contributed by atoms with Crippen LogP contribution in [0.4, 0.5) is 5.69 Å². The van der Waals surface area contributed by atoms with Gasteiger partial charge in [-0.25, -0.2) is 4.68 Å². The van der Waals surface area contributed by atoms with Gasteiger partial charge in [0.15, 0.2) is 0 Å². The topological polar surface area (TPSA) is 112 Å². The Morgan fingerprint density at radius 2 is 2.04 bits per heavy atom. The average molecular weight is 353 g/mol. The molecule has 0 unspecified atom stereocenters. The standard InChI is InChI=1S/C17H15N5O2S/c1-11-12(2)21-22(17(24)13(11)9-19)10-16(23)20-14-5-3-4-6-15(14)25-8-7-18/h3-6H,8,10H2,1-2H3,(H,20,23). The zero-order valence-corrected chi connectivity index (χ0v) is 14.6. The second-order valence-corrected chi connectivity index (χ2v) is 6.17. The molecule has 0 fully saturated rings. The molecule has 0 saturated carbocycles. The van der Waals surface area contributed by atoms with Crippen LogP contribution in [0.15, 0.2) is 34.0 Å². The van der Waals surface area contributed by atoms with Crippen molar-refractivity contribution in [2.75, 3.05) is 11.1 Å². The lowest BCUT2D eigenvalue weighted by Gasteiger charge is -2.11. The Labute approximate surface area is 148 Å². The highest BCUT2D eigenvalue weighted by Crippen LogP contribution is 2.26. The Kier molecular flexibility index (Phi) is 5.93. The molecule has 8 heteroatoms. The second kappa shape index (κ2) is 8.13. The molecule has 0 spiro atoms. The van der Waals surface area contributed by atoms with Gasteiger partial charge >= 0.3 is 0 Å². The summed E-state index contributed by atoms with van der Waals surface area (Å²) in [5.74, 6) is -0.178. The van der Waals surface area contributed by atoms with Crippen LogP contribution in [0.25, 0.3) is 0 Å². The molecule has 126 valence electrons. The minimum atomic E-state index is -0.590. The number of thioether (sulfide) groups is 1. The van der Waals surface area contributed by atoms with E-state index in [4.69, 9.17) is 10.5 Å². The van der Waals surface area contributed by atoms with Crippen molar-refractivity contribution >= 4 is 23.4 Å². The van der Waals surface area contributed by atoms with Crippen molar-refractivity contribution in [2.24, 2.45) is 0 Å². The minimum Gasteiger partial charge on any atom is -0.323 e. The third-order valence-corrected chi connectivity index (χ3v) is 4.44. The number of benzene rings is 1. The molecular weight excluding hydrogens is 338 g/mol. The fourth-order valence-electron chi connectivity index (χ4n) is 2.14. The van der Waals surface area contributed by atoms with E-state index >= 15 is 0 Å². The van der Waals surface area contributed by atoms with Gasteiger partial charge in [0.05, 0.1) is 23.2 Å². The molecule has 0 aliphatic rings. The summed E-state index contributed by atoms with van der Waals surface area (Å²) in [7, 11) is 0. The van der Waals surface area contributed by atoms with Gasteiger partial charge in [-0.1, -0.05) is 12.1 Å². The van der Waals surface area contributed by atoms with Crippen molar-refractivity contribution < 1.29 is 4.79 Å². The van der Waals surface area contributed by atoms with E-state index in [0.717, 1.165) is 9.58 Å². The number of amides is 1. The van der Waals surface area contributed by atoms with Gasteiger partial charge in [0.1, 0.15) is 18.2 Å². The van der Waals surface area contributed by atoms with E-state index < -0.39 is 11.5 Å². The zero-order valence-electron chi connectivity index (χ0n) is 13.7. The summed E-state index contributed by atoms with van der Waals surface area (Å²) in [5.41, 5.74) is 1.000. The van der Waals surface area contributed by atoms with Gasteiger partial charge in [-0.15, -0.1) is 11.8 Å². The SMILES string of the molecule is Cc1nn(CC(=O)Nc2ccccc2SCC#N)c(=O)c(C#N)c1C. The van der Waals surface area contributed by atoms with Gasteiger partial charge in [0, 0.05) is 4.90 Å². The lowest BCUT2D eigenvalue weighted by molar-refractivity contribution is -0.117. The highest BCUT2D eigenvalue weighted by molar-refractivity contribution is 7.99. The highest BCUT2D eigenvalue weighted by atomic mass is 32.2. The van der Waals surface area contributed by atoms with Gasteiger partial charge in [-0.2, -0.15) is 15.6 Å². The Morgan fingerprint density at radius 3 is 2.72 bits per heavy atom. The third-order valence-electron chi connectivity index (χ3n) is 3.50. The number of carbonyl (C=O) groups excluding carboxylic acids is 1. The lowest BCUT2D eigenvalue weighted by Crippen LogP contribution is -2.32. The van der Waals surface area contributed by atoms with Crippen LogP contribution < -0.4 is 10.9 Å². The summed E-state index contributed by atoms with van der Waals surface area (Å²) in [4.78, 5) is 25.3. The fourth-order valence-corrected chi connectivity index (χ4v) is 2.81. The number of hydrogen-bond acceptors (Lipinski definition) is 6. The van der Waals surface area contributed by atoms with Crippen LogP contribution in [0.1, 0.15) is 16.8 Å². The molecule has 1 heterocycles. The number of aryl methyl sites for hydroxylation is 1. The van der Waals surface area contributed by atoms with Crippen LogP contribution >= 0.6 is 11.8 Å². The van der Waals surface area contributed by atoms with Gasteiger partial charge in [-0.3, -0.25) is 9.59 Å². The number of nitrogens with zero attached hydrogens (tertiary/aromatic N) is 4. The first-order valence-corrected chi connectivity index (χ1v) is 8.33. The molecular formula is C17H15N5O2S. The summed E-state index contributed by atoms with van der Waals surface area (Å²) in [6.07, 6.45) is 0. The first-order chi connectivity index (χ1) is 12.0. The normalized spacial score (nSPS) is 9.92. The van der Waals surface area contributed by atoms with E-state index in [1.807, 2.05) is 18.2 Å². The summed E-state index contributed by atoms with van der Waals surface area (Å²) in [5, 5.41) is 24.6. The van der Waals surface area contributed by atoms with Crippen molar-refractivity contribution in [3.63, 3.8) is 0 Å². The largest absolute Gasteiger partial charge is 0.323 e. The van der Waals surface area contributed by atoms with Gasteiger partial charge in [-0.05, 0) is 31.5 Å². The number of anilines is 1. The zero-order chi connectivity index (χ0) is 18.4. The first kappa shape index (κ1) is 18.2. The maximum absolute atomic E-state index is 12.3. The number of para-hydroxylation sites is 1. The number of rotatable bonds is 5. The highest BCUT2D eigenvalue weighted by Gasteiger charge is 2.14. The molecule has 25 heavy (non-hydrogen) atoms. The van der Waals surface area contributed by atoms with Gasteiger partial charge < -0.3 is 5.32 Å². The molecule has 7 nitrogen and oxygen atoms in total. The Morgan fingerprint density at radius 1 is 1.32 bits per heavy atom. The van der Waals surface area contributed by atoms with E-state index in [1.54, 1.807) is 32.0 Å². The Bertz CT molecular complexity index is 953. The van der Waals surface area contributed by atoms with Crippen molar-refractivity contribution in [2.45, 2.75) is 25.3 Å². The van der Waals surface area contributed by atoms with Gasteiger partial charge in [0.25, 0.3) is 5.56 Å². The monoisotopic (exact) mass is 353 g/mol. The number of carbonyl (C=O) groups is 1. The first-order valence-electron chi connectivity index (χ1n) is 7.35. The maximum atomic E-state index is 12.3. The number of aromatic nitrogens is 2. The molecule has 1 aromatic heterocycles. The Balaban J connectivity index is 2.23. The van der Waals surface area contributed by atoms with Crippen LogP contribution in [-0.2, 0) is 11.3 Å². The summed E-state index contributed by atoms with van der Waals surface area (Å²) < 4.78 is 0.987. The van der Waals surface area contributed by atoms with Crippen LogP contribution in [0.2, 0.25) is 0 Å². The van der Waals surface area contributed by atoms with E-state index in [2.05, 4.69) is 10.4 Å². The predicted molar refractivity (Wildman–Crippen MR) is 94.1 cm³/mol. The van der Waals surface area contributed by atoms with Crippen molar-refractivity contribution in [3.05, 3.63) is 51.4 Å². The summed E-state index contributed by atoms with van der Waals surface area (Å²) in [6, 6.07) is 11.0. The summed E-state index contributed by atoms with van der Waals surface area (Å²) >= 11 is 1.31. The van der Waals surface area contributed by atoms with E-state index in [0.29, 0.717) is 16.9 Å². The molecule has 0 saturated heterocycles. The second-order valence-electron chi connectivity index (χ2n) is 5.15. The molecule has 0 aliphatic carbocycles. The molecule has 1 N–H and O–H groups in total. The number of hydrogen-bond donors (Lipinski definition) is 1. The molecule has 1 amide bonds. The maximum Gasteiger partial charge on any atom is 0.285 e. The van der Waals surface area contributed by atoms with Crippen LogP contribution in [-0.4, -0.2) is 21.4 Å². The minimum absolute atomic E-state index is 0.00900. The van der Waals surface area contributed by atoms with Crippen molar-refractivity contribution in [1.29, 1.82) is 10.5 Å². The quantitative estimate of drug-likeness (QED) is 0.823. The van der Waals surface area contributed by atoms with Crippen molar-refractivity contribution in [3.8, 4) is 12.1 Å². The number of nitriles is 2. The molecule has 0 aliphatic heterocycles. The molecule has 2 rings (SSSR count). The number of nitrogens with one attached hydrogen (secondary N) is 1. The molecule has 1 aromatic carbocycles. The predicted octanol–water partition coefficient (Wildman–Crippen LogP) is 1.99. The summed E-state index contributed by atoms with van der Waals surface area (Å²) in [6.45, 7) is 3.03. The Hall–Kier alpha value is -3.10. The molecule has 2 aromatic rings.